The van der Waals surface area contributed by atoms with Gasteiger partial charge in [-0.15, -0.1) is 0 Å². The lowest BCUT2D eigenvalue weighted by molar-refractivity contribution is 0.0946. The lowest BCUT2D eigenvalue weighted by Crippen LogP contribution is -2.31. The number of H-pyrrole nitrogens is 1. The number of aromatic nitrogens is 2. The van der Waals surface area contributed by atoms with Crippen LogP contribution in [0.2, 0.25) is 0 Å². The monoisotopic (exact) mass is 228 g/mol. The normalized spacial score (nSPS) is 14.2. The first kappa shape index (κ1) is 9.89. The molecule has 0 saturated carbocycles. The van der Waals surface area contributed by atoms with Crippen molar-refractivity contribution >= 4 is 11.7 Å². The standard InChI is InChI=1S/C12H12N4O/c13-11-5-7(1-3-14-11)10-6-8-9(16-10)2-4-15-12(8)17/h1,3,5-6,16H,2,4H2,(H2,13,14)(H,15,17). The minimum atomic E-state index is -0.0178. The van der Waals surface area contributed by atoms with E-state index < -0.39 is 0 Å². The highest BCUT2D eigenvalue weighted by molar-refractivity contribution is 5.97. The number of carbonyl (C=O) groups excluding carboxylic acids is 1. The molecule has 0 spiro atoms. The topological polar surface area (TPSA) is 83.8 Å². The number of nitrogens with one attached hydrogen (secondary N) is 2. The molecule has 4 N–H and O–H groups in total. The smallest absolute Gasteiger partial charge is 0.253 e. The maximum atomic E-state index is 11.6. The van der Waals surface area contributed by atoms with Gasteiger partial charge in [0.05, 0.1) is 5.56 Å². The van der Waals surface area contributed by atoms with Gasteiger partial charge >= 0.3 is 0 Å². The fourth-order valence-electron chi connectivity index (χ4n) is 2.06. The summed E-state index contributed by atoms with van der Waals surface area (Å²) in [5.74, 6) is 0.454. The minimum absolute atomic E-state index is 0.0178. The van der Waals surface area contributed by atoms with E-state index >= 15 is 0 Å². The number of nitrogens with two attached hydrogens (primary N) is 1. The van der Waals surface area contributed by atoms with Crippen molar-refractivity contribution in [2.75, 3.05) is 12.3 Å². The van der Waals surface area contributed by atoms with E-state index in [0.29, 0.717) is 12.4 Å². The first-order valence-corrected chi connectivity index (χ1v) is 5.46. The Bertz CT molecular complexity index is 588. The summed E-state index contributed by atoms with van der Waals surface area (Å²) >= 11 is 0. The van der Waals surface area contributed by atoms with Crippen LogP contribution in [-0.2, 0) is 6.42 Å². The maximum Gasteiger partial charge on any atom is 0.253 e. The highest BCUT2D eigenvalue weighted by atomic mass is 16.1. The predicted octanol–water partition coefficient (Wildman–Crippen LogP) is 0.945. The molecule has 5 nitrogen and oxygen atoms in total. The fourth-order valence-corrected chi connectivity index (χ4v) is 2.06. The molecule has 0 saturated heterocycles. The van der Waals surface area contributed by atoms with Crippen LogP contribution in [0.1, 0.15) is 16.1 Å². The average molecular weight is 228 g/mol. The van der Waals surface area contributed by atoms with Crippen LogP contribution in [0.3, 0.4) is 0 Å². The third-order valence-corrected chi connectivity index (χ3v) is 2.90. The molecule has 1 aliphatic heterocycles. The molecular formula is C12H12N4O. The number of pyridine rings is 1. The van der Waals surface area contributed by atoms with Gasteiger partial charge in [-0.25, -0.2) is 4.98 Å². The molecule has 0 aliphatic carbocycles. The van der Waals surface area contributed by atoms with Crippen LogP contribution in [0, 0.1) is 0 Å². The largest absolute Gasteiger partial charge is 0.384 e. The van der Waals surface area contributed by atoms with E-state index in [-0.39, 0.29) is 5.91 Å². The van der Waals surface area contributed by atoms with E-state index in [0.717, 1.165) is 28.9 Å². The minimum Gasteiger partial charge on any atom is -0.384 e. The molecule has 0 aromatic carbocycles. The van der Waals surface area contributed by atoms with Gasteiger partial charge in [-0.2, -0.15) is 0 Å². The highest BCUT2D eigenvalue weighted by Crippen LogP contribution is 2.24. The number of nitrogens with zero attached hydrogens (tertiary/aromatic N) is 1. The van der Waals surface area contributed by atoms with Gasteiger partial charge in [0, 0.05) is 36.1 Å². The van der Waals surface area contributed by atoms with Crippen LogP contribution < -0.4 is 11.1 Å². The first-order chi connectivity index (χ1) is 8.24. The molecule has 17 heavy (non-hydrogen) atoms. The Morgan fingerprint density at radius 1 is 1.35 bits per heavy atom. The van der Waals surface area contributed by atoms with E-state index in [1.165, 1.54) is 0 Å². The number of anilines is 1. The summed E-state index contributed by atoms with van der Waals surface area (Å²) in [4.78, 5) is 18.8. The van der Waals surface area contributed by atoms with Gasteiger partial charge in [-0.05, 0) is 18.2 Å². The second-order valence-corrected chi connectivity index (χ2v) is 4.05. The molecule has 2 aromatic heterocycles. The van der Waals surface area contributed by atoms with Gasteiger partial charge in [-0.1, -0.05) is 0 Å². The van der Waals surface area contributed by atoms with Crippen molar-refractivity contribution in [2.24, 2.45) is 0 Å². The van der Waals surface area contributed by atoms with Crippen LogP contribution in [-0.4, -0.2) is 22.4 Å². The van der Waals surface area contributed by atoms with Crippen molar-refractivity contribution in [1.29, 1.82) is 0 Å². The number of hydrogen-bond acceptors (Lipinski definition) is 3. The Hall–Kier alpha value is -2.30. The van der Waals surface area contributed by atoms with E-state index in [4.69, 9.17) is 5.73 Å². The average Bonchev–Trinajstić information content (AvgIpc) is 2.74. The van der Waals surface area contributed by atoms with Gasteiger partial charge in [0.15, 0.2) is 0 Å². The summed E-state index contributed by atoms with van der Waals surface area (Å²) < 4.78 is 0. The summed E-state index contributed by atoms with van der Waals surface area (Å²) in [7, 11) is 0. The Kier molecular flexibility index (Phi) is 2.11. The molecule has 1 aliphatic rings. The van der Waals surface area contributed by atoms with Crippen LogP contribution in [0.15, 0.2) is 24.4 Å². The fraction of sp³-hybridized carbons (Fsp3) is 0.167. The number of fused-ring (bicyclic) bond motifs is 1. The number of carbonyl (C=O) groups is 1. The number of aromatic amines is 1. The summed E-state index contributed by atoms with van der Waals surface area (Å²) in [6.45, 7) is 0.685. The lowest BCUT2D eigenvalue weighted by atomic mass is 10.1. The highest BCUT2D eigenvalue weighted by Gasteiger charge is 2.19. The molecule has 5 heteroatoms. The lowest BCUT2D eigenvalue weighted by Gasteiger charge is -2.10. The third kappa shape index (κ3) is 1.65. The number of rotatable bonds is 1. The summed E-state index contributed by atoms with van der Waals surface area (Å²) in [5.41, 5.74) is 9.20. The molecule has 0 atom stereocenters. The van der Waals surface area contributed by atoms with Crippen molar-refractivity contribution in [2.45, 2.75) is 6.42 Å². The maximum absolute atomic E-state index is 11.6. The summed E-state index contributed by atoms with van der Waals surface area (Å²) in [6, 6.07) is 5.51. The van der Waals surface area contributed by atoms with Crippen LogP contribution in [0.5, 0.6) is 0 Å². The molecule has 0 fully saturated rings. The molecule has 3 heterocycles. The molecule has 3 rings (SSSR count). The van der Waals surface area contributed by atoms with Crippen LogP contribution in [0.4, 0.5) is 5.82 Å². The summed E-state index contributed by atoms with van der Waals surface area (Å²) in [6.07, 6.45) is 2.49. The number of amides is 1. The van der Waals surface area contributed by atoms with Gasteiger partial charge in [0.25, 0.3) is 5.91 Å². The Morgan fingerprint density at radius 3 is 3.00 bits per heavy atom. The molecule has 1 amide bonds. The van der Waals surface area contributed by atoms with E-state index in [1.54, 1.807) is 12.3 Å². The first-order valence-electron chi connectivity index (χ1n) is 5.46. The number of nitrogen functional groups attached to an aromatic ring is 1. The number of hydrogen-bond donors (Lipinski definition) is 3. The molecule has 0 bridgehead atoms. The van der Waals surface area contributed by atoms with Crippen molar-refractivity contribution in [3.8, 4) is 11.3 Å². The quantitative estimate of drug-likeness (QED) is 0.679. The van der Waals surface area contributed by atoms with E-state index in [1.807, 2.05) is 12.1 Å². The molecule has 0 unspecified atom stereocenters. The SMILES string of the molecule is Nc1cc(-c2cc3c([nH]2)CCNC3=O)ccn1. The van der Waals surface area contributed by atoms with Gasteiger partial charge in [0.1, 0.15) is 5.82 Å². The Labute approximate surface area is 98.1 Å². The zero-order valence-corrected chi connectivity index (χ0v) is 9.16. The third-order valence-electron chi connectivity index (χ3n) is 2.90. The molecular weight excluding hydrogens is 216 g/mol. The van der Waals surface area contributed by atoms with E-state index in [2.05, 4.69) is 15.3 Å². The van der Waals surface area contributed by atoms with Crippen LogP contribution >= 0.6 is 0 Å². The van der Waals surface area contributed by atoms with Crippen molar-refractivity contribution < 1.29 is 4.79 Å². The predicted molar refractivity (Wildman–Crippen MR) is 64.5 cm³/mol. The zero-order chi connectivity index (χ0) is 11.8. The van der Waals surface area contributed by atoms with Crippen molar-refractivity contribution in [3.05, 3.63) is 35.7 Å². The van der Waals surface area contributed by atoms with E-state index in [9.17, 15) is 4.79 Å². The molecule has 86 valence electrons. The van der Waals surface area contributed by atoms with Gasteiger partial charge in [0.2, 0.25) is 0 Å². The van der Waals surface area contributed by atoms with Gasteiger partial charge < -0.3 is 16.0 Å². The Balaban J connectivity index is 2.08. The Morgan fingerprint density at radius 2 is 2.24 bits per heavy atom. The molecule has 0 radical (unpaired) electrons. The van der Waals surface area contributed by atoms with Crippen molar-refractivity contribution in [3.63, 3.8) is 0 Å². The second kappa shape index (κ2) is 3.62. The molecule has 2 aromatic rings. The zero-order valence-electron chi connectivity index (χ0n) is 9.16. The summed E-state index contributed by atoms with van der Waals surface area (Å²) in [5, 5.41) is 2.82. The van der Waals surface area contributed by atoms with Gasteiger partial charge in [-0.3, -0.25) is 4.79 Å². The second-order valence-electron chi connectivity index (χ2n) is 4.05. The van der Waals surface area contributed by atoms with Crippen molar-refractivity contribution in [1.82, 2.24) is 15.3 Å². The van der Waals surface area contributed by atoms with Crippen LogP contribution in [0.25, 0.3) is 11.3 Å².